The van der Waals surface area contributed by atoms with Crippen LogP contribution in [-0.4, -0.2) is 30.0 Å². The molecule has 0 atom stereocenters. The van der Waals surface area contributed by atoms with Gasteiger partial charge >= 0.3 is 0 Å². The molecule has 17 heavy (non-hydrogen) atoms. The van der Waals surface area contributed by atoms with Gasteiger partial charge in [-0.1, -0.05) is 36.4 Å². The van der Waals surface area contributed by atoms with Crippen LogP contribution in [-0.2, 0) is 16.1 Å². The van der Waals surface area contributed by atoms with Gasteiger partial charge in [-0.25, -0.2) is 0 Å². The maximum Gasteiger partial charge on any atom is 0.246 e. The zero-order valence-corrected chi connectivity index (χ0v) is 10.0. The average molecular weight is 231 g/mol. The molecule has 0 aliphatic carbocycles. The third kappa shape index (κ3) is 3.17. The number of hydrogen-bond acceptors (Lipinski definition) is 2. The second kappa shape index (κ2) is 5.64. The Bertz CT molecular complexity index is 394. The molecule has 90 valence electrons. The monoisotopic (exact) mass is 231 g/mol. The minimum absolute atomic E-state index is 0.0760. The summed E-state index contributed by atoms with van der Waals surface area (Å²) in [4.78, 5) is 13.2. The molecule has 1 saturated heterocycles. The van der Waals surface area contributed by atoms with Crippen LogP contribution in [0.25, 0.3) is 0 Å². The van der Waals surface area contributed by atoms with E-state index in [1.54, 1.807) is 17.1 Å². The van der Waals surface area contributed by atoms with Crippen molar-refractivity contribution in [2.75, 3.05) is 13.1 Å². The molecule has 1 heterocycles. The van der Waals surface area contributed by atoms with Crippen LogP contribution in [0.2, 0.25) is 0 Å². The fourth-order valence-corrected chi connectivity index (χ4v) is 1.76. The molecule has 1 amide bonds. The van der Waals surface area contributed by atoms with Crippen LogP contribution in [0.1, 0.15) is 12.5 Å². The fourth-order valence-electron chi connectivity index (χ4n) is 1.76. The Labute approximate surface area is 102 Å². The fraction of sp³-hybridized carbons (Fsp3) is 0.357. The van der Waals surface area contributed by atoms with Crippen LogP contribution in [0.4, 0.5) is 0 Å². The number of nitrogens with zero attached hydrogens (tertiary/aromatic N) is 1. The molecule has 0 bridgehead atoms. The van der Waals surface area contributed by atoms with Crippen molar-refractivity contribution in [2.45, 2.75) is 19.6 Å². The lowest BCUT2D eigenvalue weighted by Crippen LogP contribution is -2.54. The number of benzene rings is 1. The number of rotatable bonds is 4. The second-order valence-electron chi connectivity index (χ2n) is 4.16. The summed E-state index contributed by atoms with van der Waals surface area (Å²) in [6, 6.07) is 10.1. The molecule has 1 aromatic carbocycles. The molecule has 1 aliphatic rings. The standard InChI is InChI=1S/C14H17NO2/c1-2-6-14(16)15-9-13(10-15)17-11-12-7-4-3-5-8-12/h2-8,13H,9-11H2,1H3/b6-2+. The minimum Gasteiger partial charge on any atom is -0.370 e. The highest BCUT2D eigenvalue weighted by Crippen LogP contribution is 2.14. The van der Waals surface area contributed by atoms with E-state index >= 15 is 0 Å². The Hall–Kier alpha value is -1.61. The van der Waals surface area contributed by atoms with E-state index < -0.39 is 0 Å². The predicted octanol–water partition coefficient (Wildman–Crippen LogP) is 1.99. The van der Waals surface area contributed by atoms with Crippen LogP contribution in [0.3, 0.4) is 0 Å². The zero-order valence-electron chi connectivity index (χ0n) is 10.0. The SMILES string of the molecule is C/C=C/C(=O)N1CC(OCc2ccccc2)C1. The van der Waals surface area contributed by atoms with Gasteiger partial charge in [-0.05, 0) is 18.6 Å². The van der Waals surface area contributed by atoms with Crippen LogP contribution >= 0.6 is 0 Å². The highest BCUT2D eigenvalue weighted by Gasteiger charge is 2.29. The van der Waals surface area contributed by atoms with E-state index in [2.05, 4.69) is 0 Å². The van der Waals surface area contributed by atoms with E-state index in [0.29, 0.717) is 19.7 Å². The predicted molar refractivity (Wildman–Crippen MR) is 66.4 cm³/mol. The first-order valence-corrected chi connectivity index (χ1v) is 5.86. The van der Waals surface area contributed by atoms with Gasteiger partial charge in [0.25, 0.3) is 0 Å². The van der Waals surface area contributed by atoms with Gasteiger partial charge in [-0.2, -0.15) is 0 Å². The Kier molecular flexibility index (Phi) is 3.94. The number of hydrogen-bond donors (Lipinski definition) is 0. The number of carbonyl (C=O) groups excluding carboxylic acids is 1. The number of likely N-dealkylation sites (tertiary alicyclic amines) is 1. The average Bonchev–Trinajstić information content (AvgIpc) is 2.28. The quantitative estimate of drug-likeness (QED) is 0.742. The molecule has 1 aliphatic heterocycles. The lowest BCUT2D eigenvalue weighted by Gasteiger charge is -2.38. The summed E-state index contributed by atoms with van der Waals surface area (Å²) in [6.07, 6.45) is 3.54. The highest BCUT2D eigenvalue weighted by molar-refractivity contribution is 5.88. The molecule has 0 N–H and O–H groups in total. The Balaban J connectivity index is 1.69. The van der Waals surface area contributed by atoms with Gasteiger partial charge in [0.05, 0.1) is 12.7 Å². The molecule has 0 spiro atoms. The number of amides is 1. The Morgan fingerprint density at radius 1 is 1.41 bits per heavy atom. The van der Waals surface area contributed by atoms with E-state index in [0.717, 1.165) is 0 Å². The van der Waals surface area contributed by atoms with E-state index in [4.69, 9.17) is 4.74 Å². The van der Waals surface area contributed by atoms with Crippen molar-refractivity contribution in [1.29, 1.82) is 0 Å². The van der Waals surface area contributed by atoms with Gasteiger partial charge < -0.3 is 9.64 Å². The van der Waals surface area contributed by atoms with Gasteiger partial charge in [-0.15, -0.1) is 0 Å². The van der Waals surface area contributed by atoms with E-state index in [1.165, 1.54) is 5.56 Å². The van der Waals surface area contributed by atoms with Crippen molar-refractivity contribution < 1.29 is 9.53 Å². The largest absolute Gasteiger partial charge is 0.370 e. The van der Waals surface area contributed by atoms with Crippen LogP contribution in [0.5, 0.6) is 0 Å². The molecule has 2 rings (SSSR count). The van der Waals surface area contributed by atoms with Crippen LogP contribution < -0.4 is 0 Å². The third-order valence-corrected chi connectivity index (χ3v) is 2.80. The smallest absolute Gasteiger partial charge is 0.246 e. The van der Waals surface area contributed by atoms with Gasteiger partial charge in [0.15, 0.2) is 0 Å². The molecule has 3 heteroatoms. The van der Waals surface area contributed by atoms with Crippen molar-refractivity contribution in [1.82, 2.24) is 4.90 Å². The van der Waals surface area contributed by atoms with E-state index in [1.807, 2.05) is 37.3 Å². The third-order valence-electron chi connectivity index (χ3n) is 2.80. The minimum atomic E-state index is 0.0760. The summed E-state index contributed by atoms with van der Waals surface area (Å²) < 4.78 is 5.70. The molecule has 1 fully saturated rings. The van der Waals surface area contributed by atoms with Crippen LogP contribution in [0.15, 0.2) is 42.5 Å². The van der Waals surface area contributed by atoms with Gasteiger partial charge in [0, 0.05) is 13.1 Å². The number of ether oxygens (including phenoxy) is 1. The molecule has 1 aromatic rings. The van der Waals surface area contributed by atoms with Gasteiger partial charge in [-0.3, -0.25) is 4.79 Å². The van der Waals surface area contributed by atoms with Gasteiger partial charge in [0.1, 0.15) is 0 Å². The van der Waals surface area contributed by atoms with Crippen molar-refractivity contribution in [3.05, 3.63) is 48.0 Å². The summed E-state index contributed by atoms with van der Waals surface area (Å²) in [5, 5.41) is 0. The number of carbonyl (C=O) groups is 1. The van der Waals surface area contributed by atoms with Gasteiger partial charge in [0.2, 0.25) is 5.91 Å². The molecule has 0 radical (unpaired) electrons. The summed E-state index contributed by atoms with van der Waals surface area (Å²) >= 11 is 0. The van der Waals surface area contributed by atoms with Crippen molar-refractivity contribution in [2.24, 2.45) is 0 Å². The van der Waals surface area contributed by atoms with Crippen LogP contribution in [0, 0.1) is 0 Å². The summed E-state index contributed by atoms with van der Waals surface area (Å²) in [5.41, 5.74) is 1.17. The molecule has 0 aromatic heterocycles. The van der Waals surface area contributed by atoms with E-state index in [9.17, 15) is 4.79 Å². The normalized spacial score (nSPS) is 16.2. The van der Waals surface area contributed by atoms with E-state index in [-0.39, 0.29) is 12.0 Å². The van der Waals surface area contributed by atoms with Crippen molar-refractivity contribution in [3.8, 4) is 0 Å². The van der Waals surface area contributed by atoms with Crippen molar-refractivity contribution in [3.63, 3.8) is 0 Å². The topological polar surface area (TPSA) is 29.5 Å². The van der Waals surface area contributed by atoms with Crippen molar-refractivity contribution >= 4 is 5.91 Å². The first-order chi connectivity index (χ1) is 8.29. The molecular formula is C14H17NO2. The summed E-state index contributed by atoms with van der Waals surface area (Å²) in [6.45, 7) is 3.88. The molecule has 0 unspecified atom stereocenters. The summed E-state index contributed by atoms with van der Waals surface area (Å²) in [5.74, 6) is 0.0760. The Morgan fingerprint density at radius 2 is 2.12 bits per heavy atom. The maximum absolute atomic E-state index is 11.4. The lowest BCUT2D eigenvalue weighted by atomic mass is 10.1. The lowest BCUT2D eigenvalue weighted by molar-refractivity contribution is -0.140. The maximum atomic E-state index is 11.4. The first-order valence-electron chi connectivity index (χ1n) is 5.86. The second-order valence-corrected chi connectivity index (χ2v) is 4.16. The Morgan fingerprint density at radius 3 is 2.76 bits per heavy atom. The zero-order chi connectivity index (χ0) is 12.1. The molecular weight excluding hydrogens is 214 g/mol. The molecule has 3 nitrogen and oxygen atoms in total. The molecule has 0 saturated carbocycles. The first kappa shape index (κ1) is 11.9. The number of allylic oxidation sites excluding steroid dienone is 1. The summed E-state index contributed by atoms with van der Waals surface area (Å²) in [7, 11) is 0. The highest BCUT2D eigenvalue weighted by atomic mass is 16.5.